The number of aryl methyl sites for hydroxylation is 1. The van der Waals surface area contributed by atoms with Crippen molar-refractivity contribution in [1.29, 1.82) is 0 Å². The highest BCUT2D eigenvalue weighted by Gasteiger charge is 2.37. The van der Waals surface area contributed by atoms with Crippen molar-refractivity contribution in [2.24, 2.45) is 11.8 Å². The molecule has 1 aromatic rings. The topological polar surface area (TPSA) is 75.4 Å². The number of aromatic nitrogens is 2. The van der Waals surface area contributed by atoms with Crippen molar-refractivity contribution in [2.45, 2.75) is 39.1 Å². The Balaban J connectivity index is 2.40. The van der Waals surface area contributed by atoms with Crippen molar-refractivity contribution in [2.75, 3.05) is 19.7 Å². The molecule has 2 atom stereocenters. The summed E-state index contributed by atoms with van der Waals surface area (Å²) in [7, 11) is -3.49. The molecule has 0 aromatic carbocycles. The number of nitrogens with zero attached hydrogens (tertiary/aromatic N) is 3. The quantitative estimate of drug-likeness (QED) is 0.891. The largest absolute Gasteiger partial charge is 0.394 e. The third kappa shape index (κ3) is 2.49. The summed E-state index contributed by atoms with van der Waals surface area (Å²) in [5.41, 5.74) is 1.10. The number of aliphatic hydroxyl groups excluding tert-OH is 1. The molecule has 1 aliphatic rings. The van der Waals surface area contributed by atoms with Gasteiger partial charge in [-0.3, -0.25) is 4.68 Å². The molecule has 0 radical (unpaired) electrons. The van der Waals surface area contributed by atoms with E-state index in [1.807, 2.05) is 0 Å². The van der Waals surface area contributed by atoms with E-state index in [0.717, 1.165) is 0 Å². The first-order valence-corrected chi connectivity index (χ1v) is 8.38. The van der Waals surface area contributed by atoms with Crippen LogP contribution in [0.2, 0.25) is 0 Å². The van der Waals surface area contributed by atoms with Crippen LogP contribution in [0.1, 0.15) is 25.2 Å². The van der Waals surface area contributed by atoms with E-state index in [1.165, 1.54) is 0 Å². The minimum atomic E-state index is -3.49. The van der Waals surface area contributed by atoms with Gasteiger partial charge < -0.3 is 5.11 Å². The second kappa shape index (κ2) is 5.46. The molecule has 0 saturated carbocycles. The molecule has 1 fully saturated rings. The Kier molecular flexibility index (Phi) is 4.22. The summed E-state index contributed by atoms with van der Waals surface area (Å²) >= 11 is 0. The van der Waals surface area contributed by atoms with Crippen LogP contribution >= 0.6 is 0 Å². The number of sulfonamides is 1. The Morgan fingerprint density at radius 1 is 1.25 bits per heavy atom. The molecule has 7 heteroatoms. The molecular weight excluding hydrogens is 278 g/mol. The van der Waals surface area contributed by atoms with Crippen LogP contribution in [0.25, 0.3) is 0 Å². The van der Waals surface area contributed by atoms with Gasteiger partial charge in [0.1, 0.15) is 4.90 Å². The van der Waals surface area contributed by atoms with Gasteiger partial charge in [-0.2, -0.15) is 9.40 Å². The number of hydrogen-bond acceptors (Lipinski definition) is 4. The van der Waals surface area contributed by atoms with Crippen molar-refractivity contribution in [3.05, 3.63) is 11.4 Å². The van der Waals surface area contributed by atoms with Gasteiger partial charge in [-0.05, 0) is 25.7 Å². The van der Waals surface area contributed by atoms with Crippen LogP contribution in [0.4, 0.5) is 0 Å². The minimum Gasteiger partial charge on any atom is -0.394 e. The highest BCUT2D eigenvalue weighted by atomic mass is 32.2. The van der Waals surface area contributed by atoms with E-state index in [9.17, 15) is 8.42 Å². The van der Waals surface area contributed by atoms with Crippen molar-refractivity contribution >= 4 is 10.0 Å². The molecule has 2 rings (SSSR count). The molecule has 1 N–H and O–H groups in total. The first kappa shape index (κ1) is 15.5. The third-order valence-corrected chi connectivity index (χ3v) is 6.26. The summed E-state index contributed by atoms with van der Waals surface area (Å²) < 4.78 is 28.7. The van der Waals surface area contributed by atoms with Gasteiger partial charge in [-0.25, -0.2) is 8.42 Å². The molecule has 1 saturated heterocycles. The van der Waals surface area contributed by atoms with Gasteiger partial charge in [0, 0.05) is 13.1 Å². The molecule has 0 aliphatic carbocycles. The first-order valence-electron chi connectivity index (χ1n) is 6.94. The maximum Gasteiger partial charge on any atom is 0.246 e. The summed E-state index contributed by atoms with van der Waals surface area (Å²) in [5.74, 6) is 0.746. The Labute approximate surface area is 120 Å². The fourth-order valence-electron chi connectivity index (χ4n) is 2.77. The molecule has 0 bridgehead atoms. The third-order valence-electron chi connectivity index (χ3n) is 4.18. The lowest BCUT2D eigenvalue weighted by Gasteiger charge is -2.16. The van der Waals surface area contributed by atoms with E-state index in [0.29, 0.717) is 47.8 Å². The monoisotopic (exact) mass is 301 g/mol. The van der Waals surface area contributed by atoms with Crippen LogP contribution in [0.5, 0.6) is 0 Å². The number of hydrogen-bond donors (Lipinski definition) is 1. The molecular formula is C13H23N3O3S. The molecule has 6 nitrogen and oxygen atoms in total. The van der Waals surface area contributed by atoms with Gasteiger partial charge in [-0.1, -0.05) is 13.8 Å². The Bertz CT molecular complexity index is 584. The van der Waals surface area contributed by atoms with Gasteiger partial charge in [0.05, 0.1) is 24.5 Å². The Morgan fingerprint density at radius 2 is 1.80 bits per heavy atom. The van der Waals surface area contributed by atoms with Crippen molar-refractivity contribution in [3.8, 4) is 0 Å². The van der Waals surface area contributed by atoms with Crippen LogP contribution in [0, 0.1) is 25.7 Å². The molecule has 20 heavy (non-hydrogen) atoms. The zero-order valence-electron chi connectivity index (χ0n) is 12.5. The van der Waals surface area contributed by atoms with E-state index in [4.69, 9.17) is 5.11 Å². The lowest BCUT2D eigenvalue weighted by atomic mass is 10.0. The summed E-state index contributed by atoms with van der Waals surface area (Å²) in [5, 5.41) is 13.2. The average Bonchev–Trinajstić information content (AvgIpc) is 2.82. The molecule has 0 amide bonds. The zero-order chi connectivity index (χ0) is 15.1. The summed E-state index contributed by atoms with van der Waals surface area (Å²) in [4.78, 5) is 0.298. The smallest absolute Gasteiger partial charge is 0.246 e. The van der Waals surface area contributed by atoms with Crippen LogP contribution in [0.3, 0.4) is 0 Å². The molecule has 1 aliphatic heterocycles. The molecule has 1 aromatic heterocycles. The van der Waals surface area contributed by atoms with Gasteiger partial charge in [0.2, 0.25) is 10.0 Å². The van der Waals surface area contributed by atoms with E-state index < -0.39 is 10.0 Å². The van der Waals surface area contributed by atoms with E-state index in [-0.39, 0.29) is 6.61 Å². The predicted octanol–water partition coefficient (Wildman–Crippen LogP) is 0.769. The van der Waals surface area contributed by atoms with Crippen LogP contribution < -0.4 is 0 Å². The van der Waals surface area contributed by atoms with Crippen LogP contribution in [-0.4, -0.2) is 47.3 Å². The lowest BCUT2D eigenvalue weighted by molar-refractivity contribution is 0.267. The number of rotatable bonds is 4. The Hall–Kier alpha value is -0.920. The van der Waals surface area contributed by atoms with Crippen molar-refractivity contribution in [3.63, 3.8) is 0 Å². The molecule has 2 heterocycles. The second-order valence-corrected chi connectivity index (χ2v) is 7.60. The van der Waals surface area contributed by atoms with Crippen LogP contribution in [-0.2, 0) is 16.6 Å². The first-order chi connectivity index (χ1) is 9.28. The fourth-order valence-corrected chi connectivity index (χ4v) is 4.78. The Morgan fingerprint density at radius 3 is 2.30 bits per heavy atom. The standard InChI is InChI=1S/C13H23N3O3S/c1-9-7-15(8-10(9)2)20(18,19)13-11(3)14-16(5-6-17)12(13)4/h9-10,17H,5-8H2,1-4H3. The summed E-state index contributed by atoms with van der Waals surface area (Å²) in [6.45, 7) is 8.99. The van der Waals surface area contributed by atoms with Crippen molar-refractivity contribution in [1.82, 2.24) is 14.1 Å². The minimum absolute atomic E-state index is 0.0563. The summed E-state index contributed by atoms with van der Waals surface area (Å²) in [6.07, 6.45) is 0. The maximum absolute atomic E-state index is 12.8. The predicted molar refractivity (Wildman–Crippen MR) is 75.9 cm³/mol. The molecule has 2 unspecified atom stereocenters. The molecule has 114 valence electrons. The molecule has 0 spiro atoms. The van der Waals surface area contributed by atoms with Crippen molar-refractivity contribution < 1.29 is 13.5 Å². The van der Waals surface area contributed by atoms with E-state index in [2.05, 4.69) is 18.9 Å². The van der Waals surface area contributed by atoms with Gasteiger partial charge in [0.15, 0.2) is 0 Å². The highest BCUT2D eigenvalue weighted by molar-refractivity contribution is 7.89. The normalized spacial score (nSPS) is 24.4. The second-order valence-electron chi connectivity index (χ2n) is 5.72. The van der Waals surface area contributed by atoms with E-state index >= 15 is 0 Å². The SMILES string of the molecule is Cc1nn(CCO)c(C)c1S(=O)(=O)N1CC(C)C(C)C1. The van der Waals surface area contributed by atoms with Crippen LogP contribution in [0.15, 0.2) is 4.90 Å². The van der Waals surface area contributed by atoms with E-state index in [1.54, 1.807) is 22.8 Å². The average molecular weight is 301 g/mol. The zero-order valence-corrected chi connectivity index (χ0v) is 13.3. The number of aliphatic hydroxyl groups is 1. The lowest BCUT2D eigenvalue weighted by Crippen LogP contribution is -2.30. The summed E-state index contributed by atoms with van der Waals surface area (Å²) in [6, 6.07) is 0. The highest BCUT2D eigenvalue weighted by Crippen LogP contribution is 2.30. The maximum atomic E-state index is 12.8. The van der Waals surface area contributed by atoms with Gasteiger partial charge in [-0.15, -0.1) is 0 Å². The van der Waals surface area contributed by atoms with Gasteiger partial charge >= 0.3 is 0 Å². The van der Waals surface area contributed by atoms with Gasteiger partial charge in [0.25, 0.3) is 0 Å². The fraction of sp³-hybridized carbons (Fsp3) is 0.769.